The Morgan fingerprint density at radius 1 is 0.707 bits per heavy atom. The van der Waals surface area contributed by atoms with E-state index in [1.807, 2.05) is 6.07 Å². The van der Waals surface area contributed by atoms with E-state index >= 15 is 0 Å². The van der Waals surface area contributed by atoms with Crippen molar-refractivity contribution in [1.82, 2.24) is 10.6 Å². The van der Waals surface area contributed by atoms with Crippen molar-refractivity contribution < 1.29 is 19.2 Å². The number of primary amides is 1. The van der Waals surface area contributed by atoms with E-state index in [0.29, 0.717) is 42.5 Å². The third kappa shape index (κ3) is 9.07. The molecule has 0 saturated carbocycles. The van der Waals surface area contributed by atoms with Gasteiger partial charge in [-0.3, -0.25) is 19.2 Å². The highest BCUT2D eigenvalue weighted by atomic mass is 16.2. The van der Waals surface area contributed by atoms with Crippen LogP contribution in [-0.4, -0.2) is 42.1 Å². The van der Waals surface area contributed by atoms with Crippen LogP contribution in [-0.2, 0) is 20.8 Å². The van der Waals surface area contributed by atoms with Crippen LogP contribution in [0.4, 0.5) is 0 Å². The predicted molar refractivity (Wildman–Crippen MR) is 157 cm³/mol. The van der Waals surface area contributed by atoms with Crippen LogP contribution in [0.5, 0.6) is 0 Å². The van der Waals surface area contributed by atoms with Crippen LogP contribution >= 0.6 is 0 Å². The second-order valence-electron chi connectivity index (χ2n) is 9.86. The average molecular weight is 559 g/mol. The van der Waals surface area contributed by atoms with Crippen molar-refractivity contribution in [2.75, 3.05) is 6.54 Å². The summed E-state index contributed by atoms with van der Waals surface area (Å²) in [6.45, 7) is 0.437. The van der Waals surface area contributed by atoms with Gasteiger partial charge < -0.3 is 33.6 Å². The van der Waals surface area contributed by atoms with E-state index in [1.54, 1.807) is 78.9 Å². The summed E-state index contributed by atoms with van der Waals surface area (Å²) in [6.07, 6.45) is 1.74. The first kappa shape index (κ1) is 31.2. The van der Waals surface area contributed by atoms with Gasteiger partial charge in [-0.1, -0.05) is 84.9 Å². The summed E-state index contributed by atoms with van der Waals surface area (Å²) in [6, 6.07) is 20.7. The standard InChI is InChI=1S/C31H38N6O4/c32-18-8-7-13-25(31(41)37-27(29(35)39)22-9-3-1-4-10-22)36-30(40)24(33)19-20-14-16-21(17-15-20)26(34)28(38)23-11-5-2-6-12-23/h1-6,9-12,14-17,24-27H,7-8,13,18-19,32-34H2,(H2,35,39)(H,36,40)(H,37,41)/t24-,25-,26?,27-/m0/s1. The van der Waals surface area contributed by atoms with Crippen LogP contribution in [0.3, 0.4) is 0 Å². The zero-order valence-electron chi connectivity index (χ0n) is 22.9. The highest BCUT2D eigenvalue weighted by molar-refractivity contribution is 6.00. The molecule has 0 fully saturated rings. The topological polar surface area (TPSA) is 196 Å². The molecule has 1 unspecified atom stereocenters. The van der Waals surface area contributed by atoms with Gasteiger partial charge in [-0.15, -0.1) is 0 Å². The summed E-state index contributed by atoms with van der Waals surface area (Å²) in [4.78, 5) is 50.9. The Morgan fingerprint density at radius 2 is 1.32 bits per heavy atom. The van der Waals surface area contributed by atoms with Gasteiger partial charge in [-0.05, 0) is 48.9 Å². The maximum absolute atomic E-state index is 13.2. The monoisotopic (exact) mass is 558 g/mol. The molecular weight excluding hydrogens is 520 g/mol. The van der Waals surface area contributed by atoms with Crippen LogP contribution in [0.1, 0.15) is 58.4 Å². The van der Waals surface area contributed by atoms with Crippen molar-refractivity contribution in [3.63, 3.8) is 0 Å². The van der Waals surface area contributed by atoms with Crippen LogP contribution in [0, 0.1) is 0 Å². The number of unbranched alkanes of at least 4 members (excludes halogenated alkanes) is 1. The summed E-state index contributed by atoms with van der Waals surface area (Å²) in [5.74, 6) is -1.98. The Labute approximate surface area is 239 Å². The van der Waals surface area contributed by atoms with Crippen molar-refractivity contribution in [2.45, 2.75) is 49.9 Å². The van der Waals surface area contributed by atoms with E-state index in [0.717, 1.165) is 5.56 Å². The number of ketones is 1. The van der Waals surface area contributed by atoms with Gasteiger partial charge in [0.05, 0.1) is 12.1 Å². The first-order valence-corrected chi connectivity index (χ1v) is 13.6. The Bertz CT molecular complexity index is 1300. The van der Waals surface area contributed by atoms with Gasteiger partial charge in [0.25, 0.3) is 0 Å². The summed E-state index contributed by atoms with van der Waals surface area (Å²) in [7, 11) is 0. The molecule has 10 N–H and O–H groups in total. The zero-order valence-corrected chi connectivity index (χ0v) is 22.9. The highest BCUT2D eigenvalue weighted by Gasteiger charge is 2.28. The average Bonchev–Trinajstić information content (AvgIpc) is 2.99. The molecule has 4 atom stereocenters. The number of rotatable bonds is 15. The number of carbonyl (C=O) groups excluding carboxylic acids is 4. The Morgan fingerprint density at radius 3 is 1.90 bits per heavy atom. The van der Waals surface area contributed by atoms with Crippen LogP contribution < -0.4 is 33.6 Å². The number of carbonyl (C=O) groups is 4. The Hall–Kier alpha value is -4.38. The number of nitrogens with one attached hydrogen (secondary N) is 2. The second kappa shape index (κ2) is 15.4. The predicted octanol–water partition coefficient (Wildman–Crippen LogP) is 1.40. The molecule has 0 radical (unpaired) electrons. The summed E-state index contributed by atoms with van der Waals surface area (Å²) in [5.41, 5.74) is 26.0. The van der Waals surface area contributed by atoms with E-state index in [4.69, 9.17) is 22.9 Å². The van der Waals surface area contributed by atoms with Gasteiger partial charge in [-0.2, -0.15) is 0 Å². The van der Waals surface area contributed by atoms with E-state index in [9.17, 15) is 19.2 Å². The molecule has 0 aliphatic rings. The summed E-state index contributed by atoms with van der Waals surface area (Å²) >= 11 is 0. The number of benzene rings is 3. The van der Waals surface area contributed by atoms with Crippen molar-refractivity contribution in [3.8, 4) is 0 Å². The minimum atomic E-state index is -1.05. The van der Waals surface area contributed by atoms with Gasteiger partial charge in [0.1, 0.15) is 12.1 Å². The molecule has 3 amide bonds. The van der Waals surface area contributed by atoms with Gasteiger partial charge in [-0.25, -0.2) is 0 Å². The fourth-order valence-corrected chi connectivity index (χ4v) is 4.39. The zero-order chi connectivity index (χ0) is 29.8. The third-order valence-corrected chi connectivity index (χ3v) is 6.76. The number of Topliss-reactive ketones (excluding diaryl/α,β-unsaturated/α-hetero) is 1. The molecule has 0 saturated heterocycles. The summed E-state index contributed by atoms with van der Waals surface area (Å²) < 4.78 is 0. The molecule has 3 aromatic carbocycles. The number of hydrogen-bond acceptors (Lipinski definition) is 7. The SMILES string of the molecule is NCCCC[C@H](NC(=O)[C@@H](N)Cc1ccc(C(N)C(=O)c2ccccc2)cc1)C(=O)N[C@H](C(N)=O)c1ccccc1. The van der Waals surface area contributed by atoms with Gasteiger partial charge in [0, 0.05) is 5.56 Å². The number of nitrogens with two attached hydrogens (primary N) is 4. The van der Waals surface area contributed by atoms with Crippen LogP contribution in [0.15, 0.2) is 84.9 Å². The molecule has 0 aliphatic heterocycles. The largest absolute Gasteiger partial charge is 0.368 e. The Kier molecular flexibility index (Phi) is 11.7. The third-order valence-electron chi connectivity index (χ3n) is 6.76. The molecule has 41 heavy (non-hydrogen) atoms. The highest BCUT2D eigenvalue weighted by Crippen LogP contribution is 2.18. The lowest BCUT2D eigenvalue weighted by Crippen LogP contribution is -2.53. The maximum atomic E-state index is 13.2. The lowest BCUT2D eigenvalue weighted by molar-refractivity contribution is -0.132. The maximum Gasteiger partial charge on any atom is 0.244 e. The molecule has 10 heteroatoms. The molecule has 0 aromatic heterocycles. The van der Waals surface area contributed by atoms with E-state index in [2.05, 4.69) is 10.6 Å². The smallest absolute Gasteiger partial charge is 0.244 e. The van der Waals surface area contributed by atoms with E-state index < -0.39 is 41.9 Å². The minimum Gasteiger partial charge on any atom is -0.368 e. The second-order valence-corrected chi connectivity index (χ2v) is 9.86. The molecule has 0 aliphatic carbocycles. The molecule has 3 rings (SSSR count). The van der Waals surface area contributed by atoms with Gasteiger partial charge in [0.15, 0.2) is 5.78 Å². The normalized spacial score (nSPS) is 13.8. The molecule has 0 bridgehead atoms. The van der Waals surface area contributed by atoms with Crippen molar-refractivity contribution in [3.05, 3.63) is 107 Å². The molecular formula is C31H38N6O4. The van der Waals surface area contributed by atoms with Gasteiger partial charge in [0.2, 0.25) is 17.7 Å². The molecule has 0 spiro atoms. The number of hydrogen-bond donors (Lipinski definition) is 6. The first-order valence-electron chi connectivity index (χ1n) is 13.6. The fourth-order valence-electron chi connectivity index (χ4n) is 4.39. The lowest BCUT2D eigenvalue weighted by atomic mass is 9.96. The van der Waals surface area contributed by atoms with Crippen molar-refractivity contribution >= 4 is 23.5 Å². The Balaban J connectivity index is 1.63. The van der Waals surface area contributed by atoms with E-state index in [-0.39, 0.29) is 12.2 Å². The van der Waals surface area contributed by atoms with Crippen molar-refractivity contribution in [1.29, 1.82) is 0 Å². The minimum absolute atomic E-state index is 0.194. The lowest BCUT2D eigenvalue weighted by Gasteiger charge is -2.23. The molecule has 0 heterocycles. The van der Waals surface area contributed by atoms with E-state index in [1.165, 1.54) is 0 Å². The first-order chi connectivity index (χ1) is 19.7. The van der Waals surface area contributed by atoms with Crippen LogP contribution in [0.25, 0.3) is 0 Å². The molecule has 10 nitrogen and oxygen atoms in total. The fraction of sp³-hybridized carbons (Fsp3) is 0.290. The van der Waals surface area contributed by atoms with Gasteiger partial charge >= 0.3 is 0 Å². The van der Waals surface area contributed by atoms with Crippen molar-refractivity contribution in [2.24, 2.45) is 22.9 Å². The van der Waals surface area contributed by atoms with Crippen LogP contribution in [0.2, 0.25) is 0 Å². The number of amides is 3. The molecule has 3 aromatic rings. The molecule has 216 valence electrons. The summed E-state index contributed by atoms with van der Waals surface area (Å²) in [5, 5.41) is 5.37. The quantitative estimate of drug-likeness (QED) is 0.120.